The highest BCUT2D eigenvalue weighted by molar-refractivity contribution is 6.74. The number of carbonyl (C=O) groups excluding carboxylic acids is 2. The molecular formula is C15H26N2O4Si. The van der Waals surface area contributed by atoms with Crippen LogP contribution < -0.4 is 0 Å². The van der Waals surface area contributed by atoms with E-state index in [1.165, 1.54) is 10.9 Å². The third-order valence-corrected chi connectivity index (χ3v) is 8.60. The monoisotopic (exact) mass is 326 g/mol. The molecule has 1 aromatic heterocycles. The molecule has 124 valence electrons. The van der Waals surface area contributed by atoms with Crippen LogP contribution in [0.5, 0.6) is 0 Å². The van der Waals surface area contributed by atoms with Crippen molar-refractivity contribution < 1.29 is 18.8 Å². The second-order valence-corrected chi connectivity index (χ2v) is 11.4. The largest absolute Gasteiger partial charge is 0.462 e. The number of carbonyl (C=O) groups is 2. The smallest absolute Gasteiger partial charge is 0.342 e. The van der Waals surface area contributed by atoms with Gasteiger partial charge in [-0.3, -0.25) is 9.48 Å². The fourth-order valence-corrected chi connectivity index (χ4v) is 2.70. The first-order chi connectivity index (χ1) is 10.1. The van der Waals surface area contributed by atoms with Crippen molar-refractivity contribution in [3.05, 3.63) is 17.5 Å². The van der Waals surface area contributed by atoms with E-state index < -0.39 is 14.3 Å². The van der Waals surface area contributed by atoms with Crippen LogP contribution in [0.1, 0.15) is 48.5 Å². The van der Waals surface area contributed by atoms with Crippen molar-refractivity contribution in [1.82, 2.24) is 9.78 Å². The molecule has 0 aliphatic carbocycles. The molecule has 1 rings (SSSR count). The van der Waals surface area contributed by atoms with Gasteiger partial charge in [-0.1, -0.05) is 20.8 Å². The van der Waals surface area contributed by atoms with E-state index in [0.717, 1.165) is 0 Å². The van der Waals surface area contributed by atoms with E-state index in [1.807, 2.05) is 0 Å². The Morgan fingerprint density at radius 1 is 1.41 bits per heavy atom. The number of aromatic nitrogens is 2. The first-order valence-electron chi connectivity index (χ1n) is 7.46. The maximum absolute atomic E-state index is 11.7. The zero-order valence-corrected chi connectivity index (χ0v) is 15.3. The molecule has 0 amide bonds. The maximum Gasteiger partial charge on any atom is 0.342 e. The topological polar surface area (TPSA) is 70.4 Å². The number of hydrogen-bond donors (Lipinski definition) is 0. The third kappa shape index (κ3) is 4.27. The summed E-state index contributed by atoms with van der Waals surface area (Å²) in [6.07, 6.45) is 2.00. The lowest BCUT2D eigenvalue weighted by molar-refractivity contribution is 0.0524. The lowest BCUT2D eigenvalue weighted by Crippen LogP contribution is -2.41. The van der Waals surface area contributed by atoms with E-state index in [4.69, 9.17) is 9.16 Å². The Balaban J connectivity index is 2.76. The Morgan fingerprint density at radius 3 is 2.55 bits per heavy atom. The summed E-state index contributed by atoms with van der Waals surface area (Å²) in [5.41, 5.74) is 0.432. The van der Waals surface area contributed by atoms with Gasteiger partial charge in [0.2, 0.25) is 0 Å². The highest BCUT2D eigenvalue weighted by Gasteiger charge is 2.37. The van der Waals surface area contributed by atoms with Crippen LogP contribution in [0.3, 0.4) is 0 Å². The van der Waals surface area contributed by atoms with E-state index in [-0.39, 0.29) is 22.9 Å². The Bertz CT molecular complexity index is 532. The van der Waals surface area contributed by atoms with Crippen molar-refractivity contribution >= 4 is 20.6 Å². The quantitative estimate of drug-likeness (QED) is 0.438. The molecule has 1 aromatic rings. The van der Waals surface area contributed by atoms with Crippen LogP contribution in [-0.4, -0.2) is 43.6 Å². The molecule has 6 nitrogen and oxygen atoms in total. The summed E-state index contributed by atoms with van der Waals surface area (Å²) in [5, 5.41) is 4.22. The number of esters is 1. The predicted octanol–water partition coefficient (Wildman–Crippen LogP) is 2.89. The number of aldehydes is 1. The van der Waals surface area contributed by atoms with Crippen LogP contribution in [0.4, 0.5) is 0 Å². The minimum Gasteiger partial charge on any atom is -0.462 e. The molecule has 0 saturated carbocycles. The molecule has 0 bridgehead atoms. The third-order valence-electron chi connectivity index (χ3n) is 4.06. The Kier molecular flexibility index (Phi) is 6.07. The van der Waals surface area contributed by atoms with Crippen molar-refractivity contribution in [3.63, 3.8) is 0 Å². The van der Waals surface area contributed by atoms with Gasteiger partial charge in [0.05, 0.1) is 26.0 Å². The molecular weight excluding hydrogens is 300 g/mol. The van der Waals surface area contributed by atoms with Crippen molar-refractivity contribution in [2.75, 3.05) is 13.2 Å². The van der Waals surface area contributed by atoms with E-state index in [1.54, 1.807) is 6.92 Å². The van der Waals surface area contributed by atoms with Gasteiger partial charge < -0.3 is 9.16 Å². The summed E-state index contributed by atoms with van der Waals surface area (Å²) in [6, 6.07) is 0. The fourth-order valence-electron chi connectivity index (χ4n) is 1.67. The Hall–Kier alpha value is -1.47. The van der Waals surface area contributed by atoms with E-state index in [0.29, 0.717) is 19.4 Å². The van der Waals surface area contributed by atoms with Crippen LogP contribution in [0.25, 0.3) is 0 Å². The highest BCUT2D eigenvalue weighted by atomic mass is 28.4. The molecule has 0 saturated heterocycles. The molecule has 22 heavy (non-hydrogen) atoms. The van der Waals surface area contributed by atoms with Crippen LogP contribution in [0.2, 0.25) is 18.1 Å². The Morgan fingerprint density at radius 2 is 2.05 bits per heavy atom. The summed E-state index contributed by atoms with van der Waals surface area (Å²) >= 11 is 0. The van der Waals surface area contributed by atoms with Gasteiger partial charge in [-0.15, -0.1) is 0 Å². The molecule has 0 N–H and O–H groups in total. The van der Waals surface area contributed by atoms with E-state index in [2.05, 4.69) is 39.0 Å². The zero-order chi connectivity index (χ0) is 17.0. The molecule has 0 aliphatic rings. The van der Waals surface area contributed by atoms with Crippen LogP contribution in [0.15, 0.2) is 6.20 Å². The first kappa shape index (κ1) is 18.6. The van der Waals surface area contributed by atoms with Gasteiger partial charge in [0.25, 0.3) is 0 Å². The molecule has 0 radical (unpaired) electrons. The zero-order valence-electron chi connectivity index (χ0n) is 14.3. The van der Waals surface area contributed by atoms with Gasteiger partial charge in [-0.05, 0) is 25.1 Å². The fraction of sp³-hybridized carbons (Fsp3) is 0.667. The molecule has 0 aliphatic heterocycles. The van der Waals surface area contributed by atoms with Crippen LogP contribution in [0, 0.1) is 0 Å². The summed E-state index contributed by atoms with van der Waals surface area (Å²) in [4.78, 5) is 23.0. The van der Waals surface area contributed by atoms with Crippen molar-refractivity contribution in [2.24, 2.45) is 0 Å². The average Bonchev–Trinajstić information content (AvgIpc) is 2.80. The van der Waals surface area contributed by atoms with Gasteiger partial charge >= 0.3 is 5.97 Å². The van der Waals surface area contributed by atoms with E-state index >= 15 is 0 Å². The standard InChI is InChI=1S/C15H26N2O4Si/c1-7-20-14(19)12-10-16-17(13(12)11-18)8-9-21-22(5,6)15(2,3)4/h10-11H,7-9H2,1-6H3. The van der Waals surface area contributed by atoms with Gasteiger partial charge in [-0.2, -0.15) is 5.10 Å². The summed E-state index contributed by atoms with van der Waals surface area (Å²) < 4.78 is 12.5. The lowest BCUT2D eigenvalue weighted by Gasteiger charge is -2.36. The number of ether oxygens (including phenoxy) is 1. The number of rotatable bonds is 7. The highest BCUT2D eigenvalue weighted by Crippen LogP contribution is 2.36. The van der Waals surface area contributed by atoms with Gasteiger partial charge in [0, 0.05) is 0 Å². The molecule has 0 aromatic carbocycles. The first-order valence-corrected chi connectivity index (χ1v) is 10.4. The summed E-state index contributed by atoms with van der Waals surface area (Å²) in [6.45, 7) is 13.7. The maximum atomic E-state index is 11.7. The normalized spacial score (nSPS) is 12.3. The molecule has 0 spiro atoms. The minimum absolute atomic E-state index is 0.126. The molecule has 1 heterocycles. The second kappa shape index (κ2) is 7.19. The van der Waals surface area contributed by atoms with Crippen molar-refractivity contribution in [2.45, 2.75) is 52.4 Å². The predicted molar refractivity (Wildman–Crippen MR) is 86.7 cm³/mol. The van der Waals surface area contributed by atoms with Crippen molar-refractivity contribution in [3.8, 4) is 0 Å². The van der Waals surface area contributed by atoms with Crippen molar-refractivity contribution in [1.29, 1.82) is 0 Å². The number of nitrogens with zero attached hydrogens (tertiary/aromatic N) is 2. The molecule has 0 unspecified atom stereocenters. The molecule has 0 fully saturated rings. The molecule has 0 atom stereocenters. The van der Waals surface area contributed by atoms with E-state index in [9.17, 15) is 9.59 Å². The summed E-state index contributed by atoms with van der Waals surface area (Å²) in [5.74, 6) is -0.527. The number of hydrogen-bond acceptors (Lipinski definition) is 5. The lowest BCUT2D eigenvalue weighted by atomic mass is 10.2. The van der Waals surface area contributed by atoms with Gasteiger partial charge in [0.15, 0.2) is 14.6 Å². The van der Waals surface area contributed by atoms with Gasteiger partial charge in [0.1, 0.15) is 11.3 Å². The van der Waals surface area contributed by atoms with Crippen LogP contribution >= 0.6 is 0 Å². The second-order valence-electron chi connectivity index (χ2n) is 6.61. The summed E-state index contributed by atoms with van der Waals surface area (Å²) in [7, 11) is -1.84. The SMILES string of the molecule is CCOC(=O)c1cnn(CCO[Si](C)(C)C(C)(C)C)c1C=O. The van der Waals surface area contributed by atoms with Gasteiger partial charge in [-0.25, -0.2) is 4.79 Å². The van der Waals surface area contributed by atoms with Crippen LogP contribution in [-0.2, 0) is 15.7 Å². The minimum atomic E-state index is -1.84. The average molecular weight is 326 g/mol. The molecule has 7 heteroatoms. The Labute approximate surface area is 132 Å².